The van der Waals surface area contributed by atoms with Gasteiger partial charge in [0.15, 0.2) is 0 Å². The Morgan fingerprint density at radius 2 is 2.25 bits per heavy atom. The van der Waals surface area contributed by atoms with E-state index in [2.05, 4.69) is 0 Å². The maximum atomic E-state index is 10.4. The molecule has 12 heavy (non-hydrogen) atoms. The van der Waals surface area contributed by atoms with Crippen molar-refractivity contribution < 1.29 is 14.8 Å². The normalized spacial score (nSPS) is 15.2. The first-order chi connectivity index (χ1) is 5.42. The fraction of sp³-hybridized carbons (Fsp3) is 0.833. The highest BCUT2D eigenvalue weighted by atomic mass is 35.5. The summed E-state index contributed by atoms with van der Waals surface area (Å²) in [4.78, 5) is 20.0. The first kappa shape index (κ1) is 11.2. The average molecular weight is 196 g/mol. The molecule has 6 heteroatoms. The van der Waals surface area contributed by atoms with E-state index in [9.17, 15) is 14.9 Å². The molecule has 1 atom stereocenters. The Morgan fingerprint density at radius 1 is 1.75 bits per heavy atom. The number of nitrogens with zero attached hydrogens (tertiary/aromatic N) is 1. The Hall–Kier alpha value is -0.840. The van der Waals surface area contributed by atoms with Crippen molar-refractivity contribution in [1.82, 2.24) is 0 Å². The smallest absolute Gasteiger partial charge is 0.303 e. The molecule has 0 radical (unpaired) electrons. The molecule has 0 saturated carbocycles. The Balaban J connectivity index is 4.15. The predicted octanol–water partition coefficient (Wildman–Crippen LogP) is 1.13. The number of carbonyl (C=O) groups is 1. The largest absolute Gasteiger partial charge is 0.481 e. The van der Waals surface area contributed by atoms with Gasteiger partial charge in [-0.3, -0.25) is 14.9 Å². The van der Waals surface area contributed by atoms with Crippen molar-refractivity contribution in [3.63, 3.8) is 0 Å². The fourth-order valence-corrected chi connectivity index (χ4v) is 0.814. The van der Waals surface area contributed by atoms with Crippen LogP contribution in [0.2, 0.25) is 0 Å². The summed E-state index contributed by atoms with van der Waals surface area (Å²) in [6.45, 7) is 1.34. The highest BCUT2D eigenvalue weighted by Crippen LogP contribution is 2.18. The van der Waals surface area contributed by atoms with Crippen LogP contribution in [0.5, 0.6) is 0 Å². The number of halogens is 1. The van der Waals surface area contributed by atoms with Gasteiger partial charge < -0.3 is 5.11 Å². The minimum atomic E-state index is -1.32. The number of nitro groups is 1. The molecule has 1 N–H and O–H groups in total. The lowest BCUT2D eigenvalue weighted by atomic mass is 9.99. The van der Waals surface area contributed by atoms with Gasteiger partial charge in [-0.15, -0.1) is 11.6 Å². The van der Waals surface area contributed by atoms with Crippen molar-refractivity contribution >= 4 is 17.6 Å². The number of aliphatic carboxylic acids is 1. The maximum absolute atomic E-state index is 10.4. The van der Waals surface area contributed by atoms with Crippen LogP contribution in [0.4, 0.5) is 0 Å². The van der Waals surface area contributed by atoms with Gasteiger partial charge in [0.05, 0.1) is 12.3 Å². The van der Waals surface area contributed by atoms with Gasteiger partial charge in [-0.2, -0.15) is 0 Å². The summed E-state index contributed by atoms with van der Waals surface area (Å²) < 4.78 is 0. The molecule has 0 aromatic rings. The third-order valence-corrected chi connectivity index (χ3v) is 2.18. The summed E-state index contributed by atoms with van der Waals surface area (Å²) in [6.07, 6.45) is -0.275. The van der Waals surface area contributed by atoms with Gasteiger partial charge in [0.1, 0.15) is 0 Å². The van der Waals surface area contributed by atoms with Crippen molar-refractivity contribution in [3.05, 3.63) is 10.1 Å². The Bertz CT molecular complexity index is 196. The van der Waals surface area contributed by atoms with Crippen LogP contribution in [-0.4, -0.2) is 27.4 Å². The van der Waals surface area contributed by atoms with Gasteiger partial charge in [-0.1, -0.05) is 0 Å². The molecular formula is C6H10ClNO4. The van der Waals surface area contributed by atoms with Gasteiger partial charge in [0.25, 0.3) is 0 Å². The molecular weight excluding hydrogens is 186 g/mol. The van der Waals surface area contributed by atoms with E-state index in [-0.39, 0.29) is 18.7 Å². The van der Waals surface area contributed by atoms with Crippen LogP contribution in [0, 0.1) is 10.1 Å². The summed E-state index contributed by atoms with van der Waals surface area (Å²) in [6, 6.07) is 0. The van der Waals surface area contributed by atoms with E-state index in [1.807, 2.05) is 0 Å². The van der Waals surface area contributed by atoms with E-state index in [4.69, 9.17) is 16.7 Å². The molecule has 0 aliphatic rings. The van der Waals surface area contributed by atoms with Crippen molar-refractivity contribution in [1.29, 1.82) is 0 Å². The fourth-order valence-electron chi connectivity index (χ4n) is 0.583. The summed E-state index contributed by atoms with van der Waals surface area (Å²) in [5.74, 6) is -1.22. The van der Waals surface area contributed by atoms with E-state index in [1.54, 1.807) is 0 Å². The van der Waals surface area contributed by atoms with Crippen LogP contribution >= 0.6 is 11.6 Å². The van der Waals surface area contributed by atoms with E-state index in [0.717, 1.165) is 0 Å². The molecule has 0 fully saturated rings. The molecule has 0 spiro atoms. The molecule has 1 unspecified atom stereocenters. The molecule has 0 saturated heterocycles. The Labute approximate surface area is 74.5 Å². The molecule has 0 amide bonds. The lowest BCUT2D eigenvalue weighted by molar-refractivity contribution is -0.560. The second-order valence-corrected chi connectivity index (χ2v) is 3.05. The topological polar surface area (TPSA) is 80.4 Å². The van der Waals surface area contributed by atoms with Crippen LogP contribution in [-0.2, 0) is 4.79 Å². The molecule has 0 aliphatic heterocycles. The average Bonchev–Trinajstić information content (AvgIpc) is 1.99. The zero-order valence-corrected chi connectivity index (χ0v) is 7.37. The van der Waals surface area contributed by atoms with Crippen molar-refractivity contribution in [2.45, 2.75) is 25.3 Å². The minimum absolute atomic E-state index is 0.0428. The number of hydrogen-bond acceptors (Lipinski definition) is 3. The molecule has 0 heterocycles. The van der Waals surface area contributed by atoms with Crippen LogP contribution in [0.3, 0.4) is 0 Å². The summed E-state index contributed by atoms with van der Waals surface area (Å²) >= 11 is 5.35. The monoisotopic (exact) mass is 195 g/mol. The van der Waals surface area contributed by atoms with Crippen molar-refractivity contribution in [2.75, 3.05) is 5.88 Å². The molecule has 0 aromatic heterocycles. The zero-order valence-electron chi connectivity index (χ0n) is 6.62. The third-order valence-electron chi connectivity index (χ3n) is 1.61. The van der Waals surface area contributed by atoms with Crippen molar-refractivity contribution in [3.8, 4) is 0 Å². The van der Waals surface area contributed by atoms with Crippen LogP contribution in [0.15, 0.2) is 0 Å². The quantitative estimate of drug-likeness (QED) is 0.405. The van der Waals surface area contributed by atoms with Gasteiger partial charge in [0.2, 0.25) is 5.54 Å². The van der Waals surface area contributed by atoms with Crippen LogP contribution in [0.1, 0.15) is 19.8 Å². The highest BCUT2D eigenvalue weighted by molar-refractivity contribution is 6.18. The first-order valence-electron chi connectivity index (χ1n) is 3.34. The highest BCUT2D eigenvalue weighted by Gasteiger charge is 2.36. The minimum Gasteiger partial charge on any atom is -0.481 e. The first-order valence-corrected chi connectivity index (χ1v) is 3.88. The number of carboxylic acid groups (broad SMARTS) is 1. The second-order valence-electron chi connectivity index (χ2n) is 2.78. The second kappa shape index (κ2) is 4.25. The van der Waals surface area contributed by atoms with E-state index in [1.165, 1.54) is 6.92 Å². The summed E-state index contributed by atoms with van der Waals surface area (Å²) in [5.41, 5.74) is -1.32. The van der Waals surface area contributed by atoms with Crippen LogP contribution in [0.25, 0.3) is 0 Å². The molecule has 0 rings (SSSR count). The lowest BCUT2D eigenvalue weighted by Crippen LogP contribution is -2.37. The molecule has 5 nitrogen and oxygen atoms in total. The maximum Gasteiger partial charge on any atom is 0.303 e. The van der Waals surface area contributed by atoms with Crippen molar-refractivity contribution in [2.24, 2.45) is 0 Å². The van der Waals surface area contributed by atoms with E-state index >= 15 is 0 Å². The summed E-state index contributed by atoms with van der Waals surface area (Å²) in [7, 11) is 0. The Kier molecular flexibility index (Phi) is 3.95. The predicted molar refractivity (Wildman–Crippen MR) is 43.0 cm³/mol. The number of hydrogen-bond donors (Lipinski definition) is 1. The van der Waals surface area contributed by atoms with Gasteiger partial charge in [0, 0.05) is 18.3 Å². The lowest BCUT2D eigenvalue weighted by Gasteiger charge is -2.16. The number of alkyl halides is 1. The zero-order chi connectivity index (χ0) is 9.78. The van der Waals surface area contributed by atoms with Gasteiger partial charge >= 0.3 is 5.97 Å². The van der Waals surface area contributed by atoms with E-state index in [0.29, 0.717) is 0 Å². The third kappa shape index (κ3) is 3.04. The SMILES string of the molecule is CC(CCl)(CCC(=O)O)[N+](=O)[O-]. The molecule has 0 aromatic carbocycles. The van der Waals surface area contributed by atoms with E-state index < -0.39 is 16.4 Å². The standard InChI is InChI=1S/C6H10ClNO4/c1-6(4-7,8(11)12)3-2-5(9)10/h2-4H2,1H3,(H,9,10). The molecule has 0 bridgehead atoms. The molecule has 0 aliphatic carbocycles. The Morgan fingerprint density at radius 3 is 2.50 bits per heavy atom. The number of carboxylic acids is 1. The van der Waals surface area contributed by atoms with Crippen LogP contribution < -0.4 is 0 Å². The van der Waals surface area contributed by atoms with Gasteiger partial charge in [-0.05, 0) is 0 Å². The number of rotatable bonds is 5. The molecule has 70 valence electrons. The summed E-state index contributed by atoms with van der Waals surface area (Å²) in [5, 5.41) is 18.7. The van der Waals surface area contributed by atoms with Gasteiger partial charge in [-0.25, -0.2) is 0 Å².